The van der Waals surface area contributed by atoms with Gasteiger partial charge in [-0.25, -0.2) is 0 Å². The van der Waals surface area contributed by atoms with Crippen LogP contribution >= 0.6 is 0 Å². The predicted octanol–water partition coefficient (Wildman–Crippen LogP) is -0.638. The van der Waals surface area contributed by atoms with Crippen LogP contribution < -0.4 is 34.7 Å². The second-order valence-electron chi connectivity index (χ2n) is 4.83. The van der Waals surface area contributed by atoms with Crippen molar-refractivity contribution in [3.05, 3.63) is 0 Å². The zero-order valence-electron chi connectivity index (χ0n) is 12.3. The monoisotopic (exact) mass is 280 g/mol. The Labute approximate surface area is 138 Å². The Morgan fingerprint density at radius 2 is 1.37 bits per heavy atom. The molecule has 0 aliphatic carbocycles. The van der Waals surface area contributed by atoms with Crippen LogP contribution in [-0.2, 0) is 9.59 Å². The minimum absolute atomic E-state index is 0. The van der Waals surface area contributed by atoms with E-state index in [-0.39, 0.29) is 36.0 Å². The van der Waals surface area contributed by atoms with Crippen LogP contribution in [0, 0.1) is 5.92 Å². The summed E-state index contributed by atoms with van der Waals surface area (Å²) in [7, 11) is 0. The van der Waals surface area contributed by atoms with Crippen LogP contribution in [0.5, 0.6) is 0 Å². The molecular formula is C14H25NaO4. The molecular weight excluding hydrogens is 255 g/mol. The summed E-state index contributed by atoms with van der Waals surface area (Å²) in [6.45, 7) is 2.19. The van der Waals surface area contributed by atoms with E-state index in [9.17, 15) is 14.7 Å². The summed E-state index contributed by atoms with van der Waals surface area (Å²) in [6, 6.07) is 0. The number of carbonyl (C=O) groups excluding carboxylic acids is 1. The van der Waals surface area contributed by atoms with Crippen molar-refractivity contribution in [2.75, 3.05) is 0 Å². The zero-order valence-corrected chi connectivity index (χ0v) is 14.3. The normalized spacial score (nSPS) is 11.6. The van der Waals surface area contributed by atoms with Crippen molar-refractivity contribution in [1.29, 1.82) is 0 Å². The van der Waals surface area contributed by atoms with Crippen molar-refractivity contribution >= 4 is 11.9 Å². The van der Waals surface area contributed by atoms with Gasteiger partial charge < -0.3 is 15.0 Å². The molecule has 106 valence electrons. The molecule has 5 heteroatoms. The van der Waals surface area contributed by atoms with Gasteiger partial charge in [-0.1, -0.05) is 64.7 Å². The molecule has 0 aliphatic heterocycles. The first-order valence-corrected chi connectivity index (χ1v) is 7.03. The van der Waals surface area contributed by atoms with Crippen molar-refractivity contribution < 1.29 is 49.4 Å². The minimum Gasteiger partial charge on any atom is -0.549 e. The molecule has 19 heavy (non-hydrogen) atoms. The standard InChI is InChI=1S/C14H26O4.Na/c1-2-3-4-5-6-7-8-9-10-11-12(13(15)16)14(17)18;/h12H,2-11H2,1H3,(H,15,16)(H,17,18);/q;+1/p-1. The Hall–Kier alpha value is -0.0600. The van der Waals surface area contributed by atoms with Crippen molar-refractivity contribution in [1.82, 2.24) is 0 Å². The van der Waals surface area contributed by atoms with Gasteiger partial charge in [0.1, 0.15) is 0 Å². The zero-order chi connectivity index (χ0) is 13.8. The summed E-state index contributed by atoms with van der Waals surface area (Å²) < 4.78 is 0. The molecule has 0 amide bonds. The maximum atomic E-state index is 10.6. The van der Waals surface area contributed by atoms with Gasteiger partial charge in [-0.2, -0.15) is 0 Å². The molecule has 1 unspecified atom stereocenters. The summed E-state index contributed by atoms with van der Waals surface area (Å²) in [4.78, 5) is 21.1. The van der Waals surface area contributed by atoms with Gasteiger partial charge in [0.2, 0.25) is 0 Å². The average molecular weight is 280 g/mol. The maximum absolute atomic E-state index is 10.6. The van der Waals surface area contributed by atoms with E-state index in [1.165, 1.54) is 32.1 Å². The minimum atomic E-state index is -1.47. The summed E-state index contributed by atoms with van der Waals surface area (Å²) in [6.07, 6.45) is 10.3. The molecule has 0 spiro atoms. The Morgan fingerprint density at radius 1 is 0.947 bits per heavy atom. The van der Waals surface area contributed by atoms with E-state index >= 15 is 0 Å². The maximum Gasteiger partial charge on any atom is 1.00 e. The van der Waals surface area contributed by atoms with Crippen LogP contribution in [0.4, 0.5) is 0 Å². The topological polar surface area (TPSA) is 77.4 Å². The van der Waals surface area contributed by atoms with Crippen LogP contribution in [0.3, 0.4) is 0 Å². The van der Waals surface area contributed by atoms with E-state index in [0.29, 0.717) is 6.42 Å². The second kappa shape index (κ2) is 14.4. The summed E-state index contributed by atoms with van der Waals surface area (Å²) in [5, 5.41) is 19.2. The molecule has 0 heterocycles. The molecule has 0 aromatic heterocycles. The third-order valence-corrected chi connectivity index (χ3v) is 3.18. The molecule has 0 bridgehead atoms. The molecule has 0 aromatic rings. The van der Waals surface area contributed by atoms with E-state index in [2.05, 4.69) is 6.92 Å². The summed E-state index contributed by atoms with van der Waals surface area (Å²) in [5.74, 6) is -4.09. The van der Waals surface area contributed by atoms with Crippen molar-refractivity contribution in [3.8, 4) is 0 Å². The van der Waals surface area contributed by atoms with E-state index in [0.717, 1.165) is 19.3 Å². The fraction of sp³-hybridized carbons (Fsp3) is 0.857. The van der Waals surface area contributed by atoms with Gasteiger partial charge in [-0.3, -0.25) is 4.79 Å². The number of unbranched alkanes of at least 4 members (excludes halogenated alkanes) is 8. The summed E-state index contributed by atoms with van der Waals surface area (Å²) >= 11 is 0. The average Bonchev–Trinajstić information content (AvgIpc) is 2.30. The molecule has 0 aliphatic rings. The Bertz CT molecular complexity index is 230. The quantitative estimate of drug-likeness (QED) is 0.293. The Balaban J connectivity index is 0. The molecule has 1 atom stereocenters. The van der Waals surface area contributed by atoms with Gasteiger partial charge in [0.25, 0.3) is 0 Å². The molecule has 0 aromatic carbocycles. The molecule has 0 radical (unpaired) electrons. The van der Waals surface area contributed by atoms with Crippen LogP contribution in [0.2, 0.25) is 0 Å². The third-order valence-electron chi connectivity index (χ3n) is 3.18. The van der Waals surface area contributed by atoms with Crippen molar-refractivity contribution in [2.24, 2.45) is 5.92 Å². The van der Waals surface area contributed by atoms with Gasteiger partial charge in [0.05, 0.1) is 11.9 Å². The SMILES string of the molecule is CCCCCCCCCCCC(C(=O)[O-])C(=O)O.[Na+]. The van der Waals surface area contributed by atoms with Gasteiger partial charge >= 0.3 is 35.5 Å². The number of hydrogen-bond donors (Lipinski definition) is 1. The molecule has 0 fully saturated rings. The van der Waals surface area contributed by atoms with Gasteiger partial charge in [-0.05, 0) is 6.42 Å². The number of carboxylic acid groups (broad SMARTS) is 2. The largest absolute Gasteiger partial charge is 1.00 e. The molecule has 0 saturated carbocycles. The third kappa shape index (κ3) is 12.7. The van der Waals surface area contributed by atoms with E-state index in [1.54, 1.807) is 0 Å². The number of aliphatic carboxylic acids is 2. The van der Waals surface area contributed by atoms with Crippen LogP contribution in [0.25, 0.3) is 0 Å². The van der Waals surface area contributed by atoms with Gasteiger partial charge in [0, 0.05) is 0 Å². The van der Waals surface area contributed by atoms with Crippen molar-refractivity contribution in [2.45, 2.75) is 71.1 Å². The smallest absolute Gasteiger partial charge is 0.549 e. The number of carbonyl (C=O) groups is 2. The Morgan fingerprint density at radius 3 is 1.74 bits per heavy atom. The Kier molecular flexibility index (Phi) is 16.0. The first-order chi connectivity index (χ1) is 8.59. The second-order valence-corrected chi connectivity index (χ2v) is 4.83. The molecule has 0 saturated heterocycles. The molecule has 1 N–H and O–H groups in total. The molecule has 4 nitrogen and oxygen atoms in total. The number of rotatable bonds is 12. The fourth-order valence-corrected chi connectivity index (χ4v) is 2.00. The van der Waals surface area contributed by atoms with Gasteiger partial charge in [-0.15, -0.1) is 0 Å². The van der Waals surface area contributed by atoms with Gasteiger partial charge in [0.15, 0.2) is 0 Å². The first-order valence-electron chi connectivity index (χ1n) is 7.03. The van der Waals surface area contributed by atoms with Crippen LogP contribution in [-0.4, -0.2) is 17.0 Å². The van der Waals surface area contributed by atoms with E-state index in [4.69, 9.17) is 5.11 Å². The van der Waals surface area contributed by atoms with Crippen LogP contribution in [0.1, 0.15) is 71.1 Å². The van der Waals surface area contributed by atoms with Crippen molar-refractivity contribution in [3.63, 3.8) is 0 Å². The van der Waals surface area contributed by atoms with E-state index in [1.807, 2.05) is 0 Å². The predicted molar refractivity (Wildman–Crippen MR) is 68.0 cm³/mol. The van der Waals surface area contributed by atoms with E-state index < -0.39 is 17.9 Å². The number of hydrogen-bond acceptors (Lipinski definition) is 3. The molecule has 0 rings (SSSR count). The fourth-order valence-electron chi connectivity index (χ4n) is 2.00. The van der Waals surface area contributed by atoms with Crippen LogP contribution in [0.15, 0.2) is 0 Å². The number of carboxylic acids is 2. The summed E-state index contributed by atoms with van der Waals surface area (Å²) in [5.41, 5.74) is 0. The first kappa shape index (κ1) is 21.2.